The zero-order valence-corrected chi connectivity index (χ0v) is 10.5. The number of carboxylic acid groups (broad SMARTS) is 1. The first-order valence-electron chi connectivity index (χ1n) is 5.80. The highest BCUT2D eigenvalue weighted by molar-refractivity contribution is 5.90. The maximum Gasteiger partial charge on any atom is 0.573 e. The summed E-state index contributed by atoms with van der Waals surface area (Å²) in [7, 11) is 0. The largest absolute Gasteiger partial charge is 0.573 e. The monoisotopic (exact) mass is 297 g/mol. The molecule has 21 heavy (non-hydrogen) atoms. The van der Waals surface area contributed by atoms with Gasteiger partial charge in [0, 0.05) is 5.56 Å². The van der Waals surface area contributed by atoms with Crippen molar-refractivity contribution in [1.29, 1.82) is 0 Å². The summed E-state index contributed by atoms with van der Waals surface area (Å²) in [5.74, 6) is -0.338. The van der Waals surface area contributed by atoms with Gasteiger partial charge in [0.2, 0.25) is 0 Å². The Hall–Kier alpha value is -2.70. The molecule has 7 heteroatoms. The third-order valence-corrected chi connectivity index (χ3v) is 2.57. The Labute approximate surface area is 117 Å². The van der Waals surface area contributed by atoms with Gasteiger partial charge in [0.1, 0.15) is 5.75 Å². The number of para-hydroxylation sites is 1. The third-order valence-electron chi connectivity index (χ3n) is 2.57. The molecule has 110 valence electrons. The molecule has 0 saturated carbocycles. The predicted octanol–water partition coefficient (Wildman–Crippen LogP) is 4.34. The summed E-state index contributed by atoms with van der Waals surface area (Å²) in [6.07, 6.45) is -5.97. The van der Waals surface area contributed by atoms with Crippen LogP contribution in [0.25, 0.3) is 11.1 Å². The Kier molecular flexibility index (Phi) is 4.02. The number of ether oxygens (including phenoxy) is 1. The zero-order chi connectivity index (χ0) is 15.5. The van der Waals surface area contributed by atoms with Crippen molar-refractivity contribution >= 4 is 11.8 Å². The van der Waals surface area contributed by atoms with Gasteiger partial charge in [-0.25, -0.2) is 4.79 Å². The number of rotatable bonds is 3. The third kappa shape index (κ3) is 4.13. The summed E-state index contributed by atoms with van der Waals surface area (Å²) in [6, 6.07) is 11.7. The Bertz CT molecular complexity index is 639. The molecule has 0 saturated heterocycles. The minimum absolute atomic E-state index is 0.338. The lowest BCUT2D eigenvalue weighted by molar-refractivity contribution is -0.274. The van der Waals surface area contributed by atoms with Crippen LogP contribution in [0.15, 0.2) is 48.5 Å². The predicted molar refractivity (Wildman–Crippen MR) is 70.2 cm³/mol. The second-order valence-electron chi connectivity index (χ2n) is 4.05. The molecule has 1 amide bonds. The highest BCUT2D eigenvalue weighted by Crippen LogP contribution is 2.30. The summed E-state index contributed by atoms with van der Waals surface area (Å²) >= 11 is 0. The Morgan fingerprint density at radius 1 is 1.05 bits per heavy atom. The summed E-state index contributed by atoms with van der Waals surface area (Å²) < 4.78 is 40.0. The van der Waals surface area contributed by atoms with Crippen LogP contribution in [0.5, 0.6) is 5.75 Å². The smallest absolute Gasteiger partial charge is 0.465 e. The van der Waals surface area contributed by atoms with E-state index in [-0.39, 0.29) is 5.75 Å². The van der Waals surface area contributed by atoms with Crippen molar-refractivity contribution in [2.75, 3.05) is 5.32 Å². The second-order valence-corrected chi connectivity index (χ2v) is 4.05. The fourth-order valence-electron chi connectivity index (χ4n) is 1.80. The molecule has 0 atom stereocenters. The molecule has 0 fully saturated rings. The van der Waals surface area contributed by atoms with Crippen molar-refractivity contribution in [2.24, 2.45) is 0 Å². The van der Waals surface area contributed by atoms with E-state index in [0.717, 1.165) is 0 Å². The number of anilines is 1. The van der Waals surface area contributed by atoms with E-state index in [4.69, 9.17) is 5.11 Å². The molecule has 0 aliphatic carbocycles. The lowest BCUT2D eigenvalue weighted by atomic mass is 10.0. The molecular weight excluding hydrogens is 287 g/mol. The van der Waals surface area contributed by atoms with Gasteiger partial charge < -0.3 is 9.84 Å². The normalized spacial score (nSPS) is 11.0. The molecule has 0 aliphatic rings. The first-order valence-corrected chi connectivity index (χ1v) is 5.80. The molecule has 2 aromatic rings. The first kappa shape index (κ1) is 14.7. The summed E-state index contributed by atoms with van der Waals surface area (Å²) in [5, 5.41) is 11.0. The highest BCUT2D eigenvalue weighted by atomic mass is 19.4. The number of hydrogen-bond donors (Lipinski definition) is 2. The van der Waals surface area contributed by atoms with E-state index in [0.29, 0.717) is 16.8 Å². The number of alkyl halides is 3. The number of carbonyl (C=O) groups is 1. The topological polar surface area (TPSA) is 58.6 Å². The van der Waals surface area contributed by atoms with E-state index >= 15 is 0 Å². The number of amides is 1. The number of benzene rings is 2. The molecular formula is C14H10F3NO3. The van der Waals surface area contributed by atoms with Crippen molar-refractivity contribution in [2.45, 2.75) is 6.36 Å². The first-order chi connectivity index (χ1) is 9.85. The lowest BCUT2D eigenvalue weighted by Crippen LogP contribution is -2.16. The van der Waals surface area contributed by atoms with Gasteiger partial charge in [-0.05, 0) is 23.8 Å². The van der Waals surface area contributed by atoms with Gasteiger partial charge in [0.05, 0.1) is 5.69 Å². The van der Waals surface area contributed by atoms with E-state index < -0.39 is 12.5 Å². The maximum atomic E-state index is 12.1. The van der Waals surface area contributed by atoms with E-state index in [9.17, 15) is 18.0 Å². The van der Waals surface area contributed by atoms with Crippen LogP contribution in [0.1, 0.15) is 0 Å². The van der Waals surface area contributed by atoms with Crippen LogP contribution < -0.4 is 10.1 Å². The molecule has 0 bridgehead atoms. The van der Waals surface area contributed by atoms with E-state index in [1.165, 1.54) is 24.3 Å². The van der Waals surface area contributed by atoms with Crippen molar-refractivity contribution in [1.82, 2.24) is 0 Å². The second kappa shape index (κ2) is 5.74. The fraction of sp³-hybridized carbons (Fsp3) is 0.0714. The van der Waals surface area contributed by atoms with Crippen molar-refractivity contribution in [3.8, 4) is 16.9 Å². The highest BCUT2D eigenvalue weighted by Gasteiger charge is 2.30. The van der Waals surface area contributed by atoms with Crippen LogP contribution in [0.3, 0.4) is 0 Å². The SMILES string of the molecule is O=C(O)Nc1ccccc1-c1ccc(OC(F)(F)F)cc1. The fourth-order valence-corrected chi connectivity index (χ4v) is 1.80. The van der Waals surface area contributed by atoms with Crippen LogP contribution in [0.4, 0.5) is 23.7 Å². The molecule has 0 radical (unpaired) electrons. The molecule has 2 rings (SSSR count). The van der Waals surface area contributed by atoms with Crippen LogP contribution in [0, 0.1) is 0 Å². The number of halogens is 3. The molecule has 0 aromatic heterocycles. The molecule has 0 heterocycles. The van der Waals surface area contributed by atoms with Gasteiger partial charge in [-0.15, -0.1) is 13.2 Å². The Morgan fingerprint density at radius 3 is 2.24 bits per heavy atom. The number of nitrogens with one attached hydrogen (secondary N) is 1. The van der Waals surface area contributed by atoms with Crippen molar-refractivity contribution < 1.29 is 27.8 Å². The quantitative estimate of drug-likeness (QED) is 0.886. The van der Waals surface area contributed by atoms with E-state index in [1.54, 1.807) is 24.3 Å². The van der Waals surface area contributed by atoms with Gasteiger partial charge in [-0.2, -0.15) is 0 Å². The summed E-state index contributed by atoms with van der Waals surface area (Å²) in [5.41, 5.74) is 1.46. The Morgan fingerprint density at radius 2 is 1.67 bits per heavy atom. The molecule has 2 aromatic carbocycles. The lowest BCUT2D eigenvalue weighted by Gasteiger charge is -2.11. The summed E-state index contributed by atoms with van der Waals surface area (Å²) in [6.45, 7) is 0. The molecule has 0 unspecified atom stereocenters. The van der Waals surface area contributed by atoms with Crippen molar-refractivity contribution in [3.63, 3.8) is 0 Å². The van der Waals surface area contributed by atoms with Crippen LogP contribution in [-0.4, -0.2) is 17.6 Å². The van der Waals surface area contributed by atoms with Gasteiger partial charge in [0.25, 0.3) is 0 Å². The average molecular weight is 297 g/mol. The minimum atomic E-state index is -4.75. The van der Waals surface area contributed by atoms with Crippen LogP contribution in [0.2, 0.25) is 0 Å². The summed E-state index contributed by atoms with van der Waals surface area (Å²) in [4.78, 5) is 10.7. The Balaban J connectivity index is 2.29. The molecule has 0 spiro atoms. The molecule has 4 nitrogen and oxygen atoms in total. The van der Waals surface area contributed by atoms with Crippen LogP contribution >= 0.6 is 0 Å². The average Bonchev–Trinajstić information content (AvgIpc) is 2.38. The zero-order valence-electron chi connectivity index (χ0n) is 10.5. The molecule has 2 N–H and O–H groups in total. The van der Waals surface area contributed by atoms with Gasteiger partial charge >= 0.3 is 12.5 Å². The minimum Gasteiger partial charge on any atom is -0.465 e. The van der Waals surface area contributed by atoms with Crippen molar-refractivity contribution in [3.05, 3.63) is 48.5 Å². The van der Waals surface area contributed by atoms with E-state index in [1.807, 2.05) is 0 Å². The van der Waals surface area contributed by atoms with Gasteiger partial charge in [-0.1, -0.05) is 30.3 Å². The van der Waals surface area contributed by atoms with Gasteiger partial charge in [-0.3, -0.25) is 5.32 Å². The number of hydrogen-bond acceptors (Lipinski definition) is 2. The van der Waals surface area contributed by atoms with Crippen LogP contribution in [-0.2, 0) is 0 Å². The van der Waals surface area contributed by atoms with Gasteiger partial charge in [0.15, 0.2) is 0 Å². The standard InChI is InChI=1S/C14H10F3NO3/c15-14(16,17)21-10-7-5-9(6-8-10)11-3-1-2-4-12(11)18-13(19)20/h1-8,18H,(H,19,20). The maximum absolute atomic E-state index is 12.1. The molecule has 0 aliphatic heterocycles. The van der Waals surface area contributed by atoms with E-state index in [2.05, 4.69) is 10.1 Å².